The summed E-state index contributed by atoms with van der Waals surface area (Å²) in [5, 5.41) is 0. The monoisotopic (exact) mass is 254 g/mol. The van der Waals surface area contributed by atoms with Gasteiger partial charge in [-0.15, -0.1) is 0 Å². The van der Waals surface area contributed by atoms with Crippen LogP contribution in [0.15, 0.2) is 30.3 Å². The summed E-state index contributed by atoms with van der Waals surface area (Å²) in [6, 6.07) is 9.12. The minimum Gasteiger partial charge on any atom is -0.328 e. The molecular weight excluding hydrogens is 234 g/mol. The van der Waals surface area contributed by atoms with Crippen LogP contribution >= 0.6 is 0 Å². The Morgan fingerprint density at radius 1 is 1.17 bits per heavy atom. The summed E-state index contributed by atoms with van der Waals surface area (Å²) in [6.07, 6.45) is 1.46. The van der Waals surface area contributed by atoms with Gasteiger partial charge in [-0.25, -0.2) is 8.78 Å². The Labute approximate surface area is 107 Å². The first kappa shape index (κ1) is 13.4. The normalized spacial score (nSPS) is 19.1. The fourth-order valence-electron chi connectivity index (χ4n) is 2.39. The summed E-state index contributed by atoms with van der Waals surface area (Å²) in [5.74, 6) is -2.66. The maximum absolute atomic E-state index is 13.9. The molecular formula is C14H20F2N2. The van der Waals surface area contributed by atoms with E-state index in [2.05, 4.69) is 0 Å². The van der Waals surface area contributed by atoms with Crippen LogP contribution in [0.3, 0.4) is 0 Å². The minimum atomic E-state index is -2.66. The van der Waals surface area contributed by atoms with Crippen molar-refractivity contribution < 1.29 is 8.78 Å². The number of likely N-dealkylation sites (tertiary alicyclic amines) is 1. The summed E-state index contributed by atoms with van der Waals surface area (Å²) in [4.78, 5) is 1.83. The number of alkyl halides is 2. The lowest BCUT2D eigenvalue weighted by Gasteiger charge is -2.32. The van der Waals surface area contributed by atoms with E-state index in [1.54, 1.807) is 24.3 Å². The van der Waals surface area contributed by atoms with E-state index in [0.717, 1.165) is 12.8 Å². The Bertz CT molecular complexity index is 359. The first-order chi connectivity index (χ1) is 8.55. The Kier molecular flexibility index (Phi) is 4.30. The van der Waals surface area contributed by atoms with Crippen LogP contribution in [-0.4, -0.2) is 36.5 Å². The van der Waals surface area contributed by atoms with Crippen LogP contribution < -0.4 is 5.73 Å². The average molecular weight is 254 g/mol. The molecule has 2 nitrogen and oxygen atoms in total. The average Bonchev–Trinajstić information content (AvgIpc) is 2.32. The number of piperidine rings is 1. The molecule has 0 saturated carbocycles. The Morgan fingerprint density at radius 3 is 2.39 bits per heavy atom. The fraction of sp³-hybridized carbons (Fsp3) is 0.571. The van der Waals surface area contributed by atoms with Crippen LogP contribution in [0, 0.1) is 0 Å². The maximum Gasteiger partial charge on any atom is 0.264 e. The van der Waals surface area contributed by atoms with Crippen LogP contribution in [-0.2, 0) is 6.42 Å². The first-order valence-electron chi connectivity index (χ1n) is 6.45. The molecule has 0 unspecified atom stereocenters. The zero-order valence-corrected chi connectivity index (χ0v) is 10.5. The number of rotatable bonds is 4. The summed E-state index contributed by atoms with van der Waals surface area (Å²) >= 11 is 0. The lowest BCUT2D eigenvalue weighted by Crippen LogP contribution is -2.45. The highest BCUT2D eigenvalue weighted by Gasteiger charge is 2.32. The van der Waals surface area contributed by atoms with E-state index < -0.39 is 5.92 Å². The quantitative estimate of drug-likeness (QED) is 0.893. The van der Waals surface area contributed by atoms with Crippen LogP contribution in [0.4, 0.5) is 8.78 Å². The zero-order valence-electron chi connectivity index (χ0n) is 10.5. The van der Waals surface area contributed by atoms with E-state index >= 15 is 0 Å². The Hall–Kier alpha value is -1.00. The number of benzene rings is 1. The number of nitrogens with zero attached hydrogens (tertiary/aromatic N) is 1. The molecule has 1 saturated heterocycles. The third-order valence-corrected chi connectivity index (χ3v) is 3.39. The summed E-state index contributed by atoms with van der Waals surface area (Å²) < 4.78 is 27.8. The number of halogens is 2. The van der Waals surface area contributed by atoms with E-state index in [9.17, 15) is 8.78 Å². The van der Waals surface area contributed by atoms with E-state index in [-0.39, 0.29) is 19.0 Å². The van der Waals surface area contributed by atoms with Crippen molar-refractivity contribution in [1.82, 2.24) is 4.90 Å². The van der Waals surface area contributed by atoms with Gasteiger partial charge >= 0.3 is 0 Å². The number of hydrogen-bond donors (Lipinski definition) is 1. The molecule has 1 aliphatic heterocycles. The van der Waals surface area contributed by atoms with Crippen molar-refractivity contribution in [3.63, 3.8) is 0 Å². The van der Waals surface area contributed by atoms with Crippen molar-refractivity contribution in [1.29, 1.82) is 0 Å². The molecule has 0 aromatic heterocycles. The third-order valence-electron chi connectivity index (χ3n) is 3.39. The smallest absolute Gasteiger partial charge is 0.264 e. The van der Waals surface area contributed by atoms with Crippen molar-refractivity contribution >= 4 is 0 Å². The molecule has 0 spiro atoms. The third kappa shape index (κ3) is 4.03. The Morgan fingerprint density at radius 2 is 1.78 bits per heavy atom. The predicted molar refractivity (Wildman–Crippen MR) is 68.7 cm³/mol. The van der Waals surface area contributed by atoms with Gasteiger partial charge in [0, 0.05) is 12.5 Å². The molecule has 1 aromatic rings. The van der Waals surface area contributed by atoms with Gasteiger partial charge in [0.25, 0.3) is 5.92 Å². The highest BCUT2D eigenvalue weighted by Crippen LogP contribution is 2.23. The Balaban J connectivity index is 1.87. The van der Waals surface area contributed by atoms with Gasteiger partial charge in [0.1, 0.15) is 0 Å². The highest BCUT2D eigenvalue weighted by atomic mass is 19.3. The largest absolute Gasteiger partial charge is 0.328 e. The molecule has 0 atom stereocenters. The van der Waals surface area contributed by atoms with Gasteiger partial charge < -0.3 is 5.73 Å². The molecule has 1 fully saturated rings. The SMILES string of the molecule is NC1CCN(CC(F)(F)Cc2ccccc2)CC1. The lowest BCUT2D eigenvalue weighted by molar-refractivity contribution is -0.0361. The second-order valence-electron chi connectivity index (χ2n) is 5.13. The van der Waals surface area contributed by atoms with Crippen molar-refractivity contribution in [2.75, 3.05) is 19.6 Å². The molecule has 2 rings (SSSR count). The van der Waals surface area contributed by atoms with Gasteiger partial charge in [-0.2, -0.15) is 0 Å². The van der Waals surface area contributed by atoms with Crippen molar-refractivity contribution in [3.8, 4) is 0 Å². The van der Waals surface area contributed by atoms with E-state index in [1.807, 2.05) is 11.0 Å². The molecule has 18 heavy (non-hydrogen) atoms. The second-order valence-corrected chi connectivity index (χ2v) is 5.13. The van der Waals surface area contributed by atoms with Crippen molar-refractivity contribution in [2.24, 2.45) is 5.73 Å². The molecule has 0 amide bonds. The van der Waals surface area contributed by atoms with E-state index in [1.165, 1.54) is 0 Å². The molecule has 0 aliphatic carbocycles. The minimum absolute atomic E-state index is 0.158. The summed E-state index contributed by atoms with van der Waals surface area (Å²) in [7, 11) is 0. The van der Waals surface area contributed by atoms with Crippen LogP contribution in [0.5, 0.6) is 0 Å². The summed E-state index contributed by atoms with van der Waals surface area (Å²) in [6.45, 7) is 1.21. The summed E-state index contributed by atoms with van der Waals surface area (Å²) in [5.41, 5.74) is 6.46. The van der Waals surface area contributed by atoms with Crippen LogP contribution in [0.25, 0.3) is 0 Å². The van der Waals surface area contributed by atoms with Crippen LogP contribution in [0.2, 0.25) is 0 Å². The van der Waals surface area contributed by atoms with Gasteiger partial charge in [0.15, 0.2) is 0 Å². The second kappa shape index (κ2) is 5.76. The van der Waals surface area contributed by atoms with Gasteiger partial charge in [-0.1, -0.05) is 30.3 Å². The van der Waals surface area contributed by atoms with Gasteiger partial charge in [0.05, 0.1) is 6.54 Å². The standard InChI is InChI=1S/C14H20F2N2/c15-14(16,10-12-4-2-1-3-5-12)11-18-8-6-13(17)7-9-18/h1-5,13H,6-11,17H2. The molecule has 1 aliphatic rings. The fourth-order valence-corrected chi connectivity index (χ4v) is 2.39. The van der Waals surface area contributed by atoms with E-state index in [4.69, 9.17) is 5.73 Å². The number of nitrogens with two attached hydrogens (primary N) is 1. The zero-order chi connectivity index (χ0) is 13.0. The first-order valence-corrected chi connectivity index (χ1v) is 6.45. The van der Waals surface area contributed by atoms with Gasteiger partial charge in [0.2, 0.25) is 0 Å². The predicted octanol–water partition coefficient (Wildman–Crippen LogP) is 2.29. The molecule has 4 heteroatoms. The van der Waals surface area contributed by atoms with Crippen molar-refractivity contribution in [2.45, 2.75) is 31.2 Å². The topological polar surface area (TPSA) is 29.3 Å². The molecule has 0 bridgehead atoms. The maximum atomic E-state index is 13.9. The van der Waals surface area contributed by atoms with Gasteiger partial charge in [-0.05, 0) is 31.5 Å². The lowest BCUT2D eigenvalue weighted by atomic mass is 10.0. The molecule has 0 radical (unpaired) electrons. The van der Waals surface area contributed by atoms with Gasteiger partial charge in [-0.3, -0.25) is 4.90 Å². The molecule has 1 aromatic carbocycles. The molecule has 100 valence electrons. The van der Waals surface area contributed by atoms with Crippen LogP contribution in [0.1, 0.15) is 18.4 Å². The van der Waals surface area contributed by atoms with Crippen molar-refractivity contribution in [3.05, 3.63) is 35.9 Å². The number of hydrogen-bond acceptors (Lipinski definition) is 2. The molecule has 2 N–H and O–H groups in total. The van der Waals surface area contributed by atoms with E-state index in [0.29, 0.717) is 18.7 Å². The molecule has 1 heterocycles. The highest BCUT2D eigenvalue weighted by molar-refractivity contribution is 5.16.